The van der Waals surface area contributed by atoms with Crippen molar-refractivity contribution in [2.24, 2.45) is 0 Å². The molecule has 0 N–H and O–H groups in total. The van der Waals surface area contributed by atoms with Gasteiger partial charge < -0.3 is 8.23 Å². The first-order valence-corrected chi connectivity index (χ1v) is 11.7. The largest absolute Gasteiger partial charge is 0.445 e. The standard InChI is InChI=1S/C10H20O2Si3/c1-14(2,12-15(3,4)11-13)10-8-6-5-7-9-10/h5-9H,1-4,13H3. The van der Waals surface area contributed by atoms with Crippen LogP contribution in [0.25, 0.3) is 0 Å². The summed E-state index contributed by atoms with van der Waals surface area (Å²) in [6.07, 6.45) is 0. The van der Waals surface area contributed by atoms with Crippen molar-refractivity contribution in [1.29, 1.82) is 0 Å². The lowest BCUT2D eigenvalue weighted by Crippen LogP contribution is -2.53. The van der Waals surface area contributed by atoms with Gasteiger partial charge in [-0.05, 0) is 31.4 Å². The summed E-state index contributed by atoms with van der Waals surface area (Å²) >= 11 is 0. The highest BCUT2D eigenvalue weighted by Gasteiger charge is 2.34. The maximum atomic E-state index is 6.25. The summed E-state index contributed by atoms with van der Waals surface area (Å²) < 4.78 is 11.8. The molecular weight excluding hydrogens is 236 g/mol. The second-order valence-corrected chi connectivity index (χ2v) is 13.4. The molecule has 0 amide bonds. The van der Waals surface area contributed by atoms with Gasteiger partial charge in [0.25, 0.3) is 0 Å². The van der Waals surface area contributed by atoms with Gasteiger partial charge in [-0.1, -0.05) is 30.3 Å². The average molecular weight is 257 g/mol. The molecule has 0 aliphatic heterocycles. The smallest absolute Gasteiger partial charge is 0.310 e. The molecule has 1 aromatic carbocycles. The van der Waals surface area contributed by atoms with E-state index in [0.29, 0.717) is 0 Å². The summed E-state index contributed by atoms with van der Waals surface area (Å²) in [5.74, 6) is 0. The van der Waals surface area contributed by atoms with Gasteiger partial charge in [0.1, 0.15) is 10.5 Å². The molecule has 0 saturated heterocycles. The Hall–Kier alpha value is -0.209. The molecule has 0 heterocycles. The van der Waals surface area contributed by atoms with Crippen molar-refractivity contribution in [3.05, 3.63) is 30.3 Å². The van der Waals surface area contributed by atoms with Crippen LogP contribution in [0.1, 0.15) is 0 Å². The van der Waals surface area contributed by atoms with Gasteiger partial charge >= 0.3 is 8.56 Å². The van der Waals surface area contributed by atoms with Crippen LogP contribution in [0, 0.1) is 0 Å². The highest BCUT2D eigenvalue weighted by atomic mass is 28.5. The van der Waals surface area contributed by atoms with Crippen molar-refractivity contribution >= 4 is 32.6 Å². The van der Waals surface area contributed by atoms with E-state index < -0.39 is 16.9 Å². The quantitative estimate of drug-likeness (QED) is 0.752. The van der Waals surface area contributed by atoms with Crippen molar-refractivity contribution in [3.63, 3.8) is 0 Å². The fraction of sp³-hybridized carbons (Fsp3) is 0.400. The van der Waals surface area contributed by atoms with Crippen LogP contribution in [0.4, 0.5) is 0 Å². The van der Waals surface area contributed by atoms with Crippen LogP contribution in [0.5, 0.6) is 0 Å². The van der Waals surface area contributed by atoms with Gasteiger partial charge in [0.15, 0.2) is 0 Å². The predicted octanol–water partition coefficient (Wildman–Crippen LogP) is 1.11. The molecular formula is C10H20O2Si3. The van der Waals surface area contributed by atoms with E-state index in [9.17, 15) is 0 Å². The normalized spacial score (nSPS) is 13.1. The third-order valence-corrected chi connectivity index (χ3v) is 12.1. The minimum absolute atomic E-state index is 0.762. The van der Waals surface area contributed by atoms with Crippen molar-refractivity contribution in [2.75, 3.05) is 0 Å². The zero-order valence-electron chi connectivity index (χ0n) is 10.2. The fourth-order valence-corrected chi connectivity index (χ4v) is 9.02. The predicted molar refractivity (Wildman–Crippen MR) is 73.1 cm³/mol. The van der Waals surface area contributed by atoms with E-state index in [2.05, 4.69) is 50.5 Å². The molecule has 1 rings (SSSR count). The first-order valence-electron chi connectivity index (χ1n) is 5.18. The second-order valence-electron chi connectivity index (χ2n) is 4.58. The molecule has 5 heteroatoms. The van der Waals surface area contributed by atoms with Crippen LogP contribution >= 0.6 is 0 Å². The summed E-state index contributed by atoms with van der Waals surface area (Å²) in [7, 11) is -2.89. The van der Waals surface area contributed by atoms with Gasteiger partial charge in [-0.2, -0.15) is 0 Å². The molecule has 0 fully saturated rings. The number of benzene rings is 1. The van der Waals surface area contributed by atoms with Gasteiger partial charge in [-0.15, -0.1) is 0 Å². The van der Waals surface area contributed by atoms with Gasteiger partial charge in [-0.3, -0.25) is 0 Å². The van der Waals surface area contributed by atoms with Crippen molar-refractivity contribution in [3.8, 4) is 0 Å². The van der Waals surface area contributed by atoms with Crippen molar-refractivity contribution < 1.29 is 8.23 Å². The molecule has 0 aliphatic rings. The molecule has 84 valence electrons. The maximum absolute atomic E-state index is 6.25. The van der Waals surface area contributed by atoms with Crippen LogP contribution in [0.3, 0.4) is 0 Å². The molecule has 0 aliphatic carbocycles. The van der Waals surface area contributed by atoms with Crippen LogP contribution < -0.4 is 5.19 Å². The third-order valence-electron chi connectivity index (χ3n) is 2.46. The maximum Gasteiger partial charge on any atom is 0.310 e. The summed E-state index contributed by atoms with van der Waals surface area (Å²) in [6.45, 7) is 8.71. The Morgan fingerprint density at radius 3 is 2.00 bits per heavy atom. The highest BCUT2D eigenvalue weighted by Crippen LogP contribution is 2.14. The molecule has 0 unspecified atom stereocenters. The summed E-state index contributed by atoms with van der Waals surface area (Å²) in [4.78, 5) is 0. The Balaban J connectivity index is 2.85. The molecule has 2 nitrogen and oxygen atoms in total. The Morgan fingerprint density at radius 1 is 1.00 bits per heavy atom. The zero-order chi connectivity index (χ0) is 11.5. The lowest BCUT2D eigenvalue weighted by molar-refractivity contribution is 0.421. The Bertz CT molecular complexity index is 312. The zero-order valence-corrected chi connectivity index (χ0v) is 14.2. The van der Waals surface area contributed by atoms with E-state index in [0.717, 1.165) is 10.5 Å². The molecule has 0 spiro atoms. The first kappa shape index (κ1) is 12.9. The summed E-state index contributed by atoms with van der Waals surface area (Å²) in [5, 5.41) is 1.34. The number of hydrogen-bond donors (Lipinski definition) is 0. The van der Waals surface area contributed by atoms with Gasteiger partial charge in [0, 0.05) is 0 Å². The molecule has 15 heavy (non-hydrogen) atoms. The molecule has 0 saturated carbocycles. The van der Waals surface area contributed by atoms with Gasteiger partial charge in [-0.25, -0.2) is 0 Å². The SMILES string of the molecule is C[Si](C)(O[SiH3])O[Si](C)(C)c1ccccc1. The first-order chi connectivity index (χ1) is 6.87. The van der Waals surface area contributed by atoms with Gasteiger partial charge in [0.2, 0.25) is 8.32 Å². The Morgan fingerprint density at radius 2 is 1.53 bits per heavy atom. The van der Waals surface area contributed by atoms with E-state index in [1.54, 1.807) is 0 Å². The third kappa shape index (κ3) is 3.69. The molecule has 0 bridgehead atoms. The van der Waals surface area contributed by atoms with Gasteiger partial charge in [0.05, 0.1) is 0 Å². The average Bonchev–Trinajstić information content (AvgIpc) is 2.18. The van der Waals surface area contributed by atoms with E-state index in [4.69, 9.17) is 8.23 Å². The van der Waals surface area contributed by atoms with Crippen LogP contribution in [0.15, 0.2) is 30.3 Å². The van der Waals surface area contributed by atoms with Crippen LogP contribution in [-0.2, 0) is 8.23 Å². The van der Waals surface area contributed by atoms with E-state index in [1.165, 1.54) is 5.19 Å². The topological polar surface area (TPSA) is 18.5 Å². The highest BCUT2D eigenvalue weighted by molar-refractivity contribution is 6.91. The van der Waals surface area contributed by atoms with E-state index in [1.807, 2.05) is 6.07 Å². The monoisotopic (exact) mass is 256 g/mol. The summed E-state index contributed by atoms with van der Waals surface area (Å²) in [5.41, 5.74) is 0. The van der Waals surface area contributed by atoms with E-state index in [-0.39, 0.29) is 0 Å². The second kappa shape index (κ2) is 4.75. The minimum atomic E-state index is -1.87. The molecule has 0 radical (unpaired) electrons. The fourth-order valence-electron chi connectivity index (χ4n) is 1.55. The van der Waals surface area contributed by atoms with Crippen LogP contribution in [-0.4, -0.2) is 27.4 Å². The lowest BCUT2D eigenvalue weighted by atomic mass is 10.4. The Kier molecular flexibility index (Phi) is 4.07. The van der Waals surface area contributed by atoms with Crippen molar-refractivity contribution in [1.82, 2.24) is 0 Å². The van der Waals surface area contributed by atoms with Crippen LogP contribution in [0.2, 0.25) is 26.2 Å². The minimum Gasteiger partial charge on any atom is -0.445 e. The van der Waals surface area contributed by atoms with E-state index >= 15 is 0 Å². The number of hydrogen-bond acceptors (Lipinski definition) is 2. The van der Waals surface area contributed by atoms with Crippen molar-refractivity contribution in [2.45, 2.75) is 26.2 Å². The molecule has 0 aromatic heterocycles. The number of rotatable bonds is 4. The Labute approximate surface area is 97.5 Å². The lowest BCUT2D eigenvalue weighted by Gasteiger charge is -2.32. The summed E-state index contributed by atoms with van der Waals surface area (Å²) in [6, 6.07) is 10.5. The molecule has 0 atom stereocenters. The molecule has 1 aromatic rings.